The Labute approximate surface area is 150 Å². The molecule has 10 nitrogen and oxygen atoms in total. The zero-order chi connectivity index (χ0) is 18.7. The molecule has 0 aliphatic rings. The van der Waals surface area contributed by atoms with Crippen LogP contribution < -0.4 is 5.32 Å². The maximum atomic E-state index is 12.3. The number of esters is 1. The van der Waals surface area contributed by atoms with Crippen LogP contribution in [0.4, 0.5) is 11.4 Å². The van der Waals surface area contributed by atoms with Gasteiger partial charge < -0.3 is 14.5 Å². The molecule has 0 fully saturated rings. The van der Waals surface area contributed by atoms with Crippen molar-refractivity contribution >= 4 is 34.6 Å². The number of carbonyl (C=O) groups excluding carboxylic acids is 2. The molecule has 0 spiro atoms. The normalized spacial score (nSPS) is 10.5. The topological polar surface area (TPSA) is 130 Å². The Morgan fingerprint density at radius 3 is 2.92 bits per heavy atom. The van der Waals surface area contributed by atoms with E-state index in [-0.39, 0.29) is 22.9 Å². The van der Waals surface area contributed by atoms with E-state index in [0.29, 0.717) is 11.4 Å². The minimum absolute atomic E-state index is 0.0312. The van der Waals surface area contributed by atoms with Crippen LogP contribution in [-0.2, 0) is 11.3 Å². The molecule has 3 rings (SSSR count). The van der Waals surface area contributed by atoms with Crippen molar-refractivity contribution in [2.45, 2.75) is 6.54 Å². The summed E-state index contributed by atoms with van der Waals surface area (Å²) in [6.45, 7) is 0.132. The molecular formula is C15H12N4O6S. The van der Waals surface area contributed by atoms with Crippen LogP contribution in [0.15, 0.2) is 40.4 Å². The van der Waals surface area contributed by atoms with Crippen molar-refractivity contribution < 1.29 is 23.7 Å². The van der Waals surface area contributed by atoms with Gasteiger partial charge >= 0.3 is 11.7 Å². The Bertz CT molecular complexity index is 972. The summed E-state index contributed by atoms with van der Waals surface area (Å²) in [5.74, 6) is -0.655. The maximum absolute atomic E-state index is 12.3. The molecule has 0 saturated heterocycles. The zero-order valence-corrected chi connectivity index (χ0v) is 14.2. The van der Waals surface area contributed by atoms with Gasteiger partial charge in [-0.15, -0.1) is 11.3 Å². The Morgan fingerprint density at radius 2 is 2.23 bits per heavy atom. The molecule has 0 saturated carbocycles. The average molecular weight is 376 g/mol. The highest BCUT2D eigenvalue weighted by atomic mass is 32.1. The fraction of sp³-hybridized carbons (Fsp3) is 0.133. The molecule has 0 atom stereocenters. The SMILES string of the molecule is COC(=O)c1sccc1NC(=O)c1ccc(Cn2cc([N+](=O)[O-])cn2)o1. The predicted octanol–water partition coefficient (Wildman–Crippen LogP) is 2.53. The van der Waals surface area contributed by atoms with E-state index < -0.39 is 16.8 Å². The number of aromatic nitrogens is 2. The number of hydrogen-bond donors (Lipinski definition) is 1. The van der Waals surface area contributed by atoms with Crippen LogP contribution in [0.2, 0.25) is 0 Å². The Morgan fingerprint density at radius 1 is 1.42 bits per heavy atom. The summed E-state index contributed by atoms with van der Waals surface area (Å²) in [5.41, 5.74) is 0.190. The fourth-order valence-electron chi connectivity index (χ4n) is 2.12. The third-order valence-electron chi connectivity index (χ3n) is 3.32. The number of nitro groups is 1. The van der Waals surface area contributed by atoms with Crippen molar-refractivity contribution in [3.63, 3.8) is 0 Å². The van der Waals surface area contributed by atoms with E-state index in [1.54, 1.807) is 17.5 Å². The van der Waals surface area contributed by atoms with Gasteiger partial charge in [0.2, 0.25) is 0 Å². The number of rotatable bonds is 6. The van der Waals surface area contributed by atoms with E-state index in [9.17, 15) is 19.7 Å². The molecule has 3 aromatic rings. The van der Waals surface area contributed by atoms with Crippen LogP contribution >= 0.6 is 11.3 Å². The largest absolute Gasteiger partial charge is 0.465 e. The minimum atomic E-state index is -0.551. The molecule has 134 valence electrons. The van der Waals surface area contributed by atoms with Crippen molar-refractivity contribution in [2.24, 2.45) is 0 Å². The lowest BCUT2D eigenvalue weighted by molar-refractivity contribution is -0.385. The van der Waals surface area contributed by atoms with Crippen molar-refractivity contribution in [3.8, 4) is 0 Å². The third-order valence-corrected chi connectivity index (χ3v) is 4.21. The van der Waals surface area contributed by atoms with Gasteiger partial charge in [0.15, 0.2) is 5.76 Å². The monoisotopic (exact) mass is 376 g/mol. The van der Waals surface area contributed by atoms with Crippen LogP contribution in [0.5, 0.6) is 0 Å². The molecule has 11 heteroatoms. The molecule has 0 aliphatic carbocycles. The molecule has 0 unspecified atom stereocenters. The molecule has 1 N–H and O–H groups in total. The number of ether oxygens (including phenoxy) is 1. The Balaban J connectivity index is 1.69. The minimum Gasteiger partial charge on any atom is -0.465 e. The summed E-state index contributed by atoms with van der Waals surface area (Å²) in [6, 6.07) is 4.62. The van der Waals surface area contributed by atoms with E-state index in [2.05, 4.69) is 15.2 Å². The first-order chi connectivity index (χ1) is 12.5. The standard InChI is InChI=1S/C15H12N4O6S/c1-24-15(21)13-11(4-5-26-13)17-14(20)12-3-2-10(25-12)8-18-7-9(6-16-18)19(22)23/h2-7H,8H2,1H3,(H,17,20). The van der Waals surface area contributed by atoms with E-state index in [1.807, 2.05) is 0 Å². The van der Waals surface area contributed by atoms with Gasteiger partial charge in [-0.1, -0.05) is 0 Å². The second kappa shape index (κ2) is 7.19. The fourth-order valence-corrected chi connectivity index (χ4v) is 2.89. The van der Waals surface area contributed by atoms with Gasteiger partial charge in [0, 0.05) is 0 Å². The van der Waals surface area contributed by atoms with Gasteiger partial charge in [0.25, 0.3) is 5.91 Å². The smallest absolute Gasteiger partial charge is 0.350 e. The second-order valence-corrected chi connectivity index (χ2v) is 5.94. The highest BCUT2D eigenvalue weighted by molar-refractivity contribution is 7.12. The molecule has 26 heavy (non-hydrogen) atoms. The first kappa shape index (κ1) is 17.4. The zero-order valence-electron chi connectivity index (χ0n) is 13.4. The summed E-state index contributed by atoms with van der Waals surface area (Å²) >= 11 is 1.14. The maximum Gasteiger partial charge on any atom is 0.350 e. The summed E-state index contributed by atoms with van der Waals surface area (Å²) in [7, 11) is 1.26. The molecule has 3 aromatic heterocycles. The van der Waals surface area contributed by atoms with E-state index in [0.717, 1.165) is 17.5 Å². The quantitative estimate of drug-likeness (QED) is 0.397. The number of furan rings is 1. The molecule has 1 amide bonds. The lowest BCUT2D eigenvalue weighted by Gasteiger charge is -2.03. The average Bonchev–Trinajstić information content (AvgIpc) is 3.35. The van der Waals surface area contributed by atoms with Gasteiger partial charge in [0.1, 0.15) is 23.0 Å². The summed E-state index contributed by atoms with van der Waals surface area (Å²) in [4.78, 5) is 34.3. The molecule has 0 radical (unpaired) electrons. The van der Waals surface area contributed by atoms with Gasteiger partial charge in [-0.25, -0.2) is 4.79 Å². The number of thiophene rings is 1. The van der Waals surface area contributed by atoms with Crippen molar-refractivity contribution in [3.05, 3.63) is 62.5 Å². The number of methoxy groups -OCH3 is 1. The third kappa shape index (κ3) is 3.62. The van der Waals surface area contributed by atoms with E-state index >= 15 is 0 Å². The predicted molar refractivity (Wildman–Crippen MR) is 90.3 cm³/mol. The summed E-state index contributed by atoms with van der Waals surface area (Å²) < 4.78 is 11.4. The van der Waals surface area contributed by atoms with Crippen molar-refractivity contribution in [1.82, 2.24) is 9.78 Å². The first-order valence-corrected chi connectivity index (χ1v) is 8.08. The van der Waals surface area contributed by atoms with E-state index in [4.69, 9.17) is 4.42 Å². The first-order valence-electron chi connectivity index (χ1n) is 7.20. The lowest BCUT2D eigenvalue weighted by atomic mass is 10.3. The van der Waals surface area contributed by atoms with Crippen molar-refractivity contribution in [1.29, 1.82) is 0 Å². The number of hydrogen-bond acceptors (Lipinski definition) is 8. The number of amides is 1. The summed E-state index contributed by atoms with van der Waals surface area (Å²) in [6.07, 6.45) is 2.39. The van der Waals surface area contributed by atoms with Crippen LogP contribution in [0.25, 0.3) is 0 Å². The lowest BCUT2D eigenvalue weighted by Crippen LogP contribution is -2.13. The van der Waals surface area contributed by atoms with Gasteiger partial charge in [-0.2, -0.15) is 5.10 Å². The molecule has 0 aliphatic heterocycles. The number of carbonyl (C=O) groups is 2. The number of nitrogens with one attached hydrogen (secondary N) is 1. The highest BCUT2D eigenvalue weighted by Gasteiger charge is 2.18. The Kier molecular flexibility index (Phi) is 4.80. The second-order valence-electron chi connectivity index (χ2n) is 5.03. The summed E-state index contributed by atoms with van der Waals surface area (Å²) in [5, 5.41) is 18.7. The van der Waals surface area contributed by atoms with Crippen LogP contribution in [-0.4, -0.2) is 33.7 Å². The molecule has 0 aromatic carbocycles. The van der Waals surface area contributed by atoms with Crippen LogP contribution in [0.3, 0.4) is 0 Å². The molecule has 3 heterocycles. The molecule has 0 bridgehead atoms. The number of nitrogens with zero attached hydrogens (tertiary/aromatic N) is 3. The van der Waals surface area contributed by atoms with Crippen molar-refractivity contribution in [2.75, 3.05) is 12.4 Å². The van der Waals surface area contributed by atoms with Crippen LogP contribution in [0.1, 0.15) is 26.0 Å². The van der Waals surface area contributed by atoms with E-state index in [1.165, 1.54) is 24.1 Å². The van der Waals surface area contributed by atoms with Gasteiger partial charge in [-0.05, 0) is 23.6 Å². The molecular weight excluding hydrogens is 364 g/mol. The highest BCUT2D eigenvalue weighted by Crippen LogP contribution is 2.24. The van der Waals surface area contributed by atoms with Crippen LogP contribution in [0, 0.1) is 10.1 Å². The number of anilines is 1. The van der Waals surface area contributed by atoms with Gasteiger partial charge in [-0.3, -0.25) is 19.6 Å². The Hall–Kier alpha value is -3.47. The van der Waals surface area contributed by atoms with Gasteiger partial charge in [0.05, 0.1) is 24.3 Å².